The molecule has 0 unspecified atom stereocenters. The Labute approximate surface area is 184 Å². The Morgan fingerprint density at radius 3 is 2.00 bits per heavy atom. The molecule has 0 radical (unpaired) electrons. The van der Waals surface area contributed by atoms with Gasteiger partial charge in [0.05, 0.1) is 25.3 Å². The second-order valence-electron chi connectivity index (χ2n) is 10.7. The summed E-state index contributed by atoms with van der Waals surface area (Å²) in [7, 11) is 1.61. The van der Waals surface area contributed by atoms with Gasteiger partial charge in [0.15, 0.2) is 0 Å². The van der Waals surface area contributed by atoms with E-state index in [2.05, 4.69) is 9.80 Å². The van der Waals surface area contributed by atoms with Crippen molar-refractivity contribution in [1.29, 1.82) is 0 Å². The highest BCUT2D eigenvalue weighted by Gasteiger charge is 2.54. The minimum atomic E-state index is -0.312. The standard InChI is InChI=1S/C25H33N3O3/c1-31-21-4-2-20(3-5-21)28-23(29)13-22(24(28)30)26-6-8-27(9-7-26)25-14-17-10-18(15-25)12-19(11-17)16-25/h2-5,17-19,22H,6-16H2,1H3/t17?,18?,19?,22-,25?/m0/s1. The number of rotatable bonds is 4. The van der Waals surface area contributed by atoms with E-state index in [1.54, 1.807) is 31.4 Å². The first-order valence-electron chi connectivity index (χ1n) is 12.0. The zero-order valence-corrected chi connectivity index (χ0v) is 18.5. The van der Waals surface area contributed by atoms with Crippen LogP contribution in [0, 0.1) is 17.8 Å². The van der Waals surface area contributed by atoms with Crippen molar-refractivity contribution in [3.05, 3.63) is 24.3 Å². The van der Waals surface area contributed by atoms with Gasteiger partial charge in [-0.3, -0.25) is 19.4 Å². The average Bonchev–Trinajstić information content (AvgIpc) is 3.07. The third kappa shape index (κ3) is 3.21. The van der Waals surface area contributed by atoms with Crippen molar-refractivity contribution in [2.45, 2.75) is 56.5 Å². The summed E-state index contributed by atoms with van der Waals surface area (Å²) in [6, 6.07) is 6.87. The Balaban J connectivity index is 1.12. The zero-order chi connectivity index (χ0) is 21.2. The van der Waals surface area contributed by atoms with Gasteiger partial charge < -0.3 is 4.74 Å². The first kappa shape index (κ1) is 19.7. The zero-order valence-electron chi connectivity index (χ0n) is 18.5. The Kier molecular flexibility index (Phi) is 4.65. The molecule has 4 saturated carbocycles. The number of methoxy groups -OCH3 is 1. The summed E-state index contributed by atoms with van der Waals surface area (Å²) in [6.07, 6.45) is 8.89. The largest absolute Gasteiger partial charge is 0.497 e. The Hall–Kier alpha value is -1.92. The lowest BCUT2D eigenvalue weighted by Gasteiger charge is -2.61. The molecule has 0 aromatic heterocycles. The molecular weight excluding hydrogens is 390 g/mol. The summed E-state index contributed by atoms with van der Waals surface area (Å²) in [4.78, 5) is 32.3. The first-order valence-corrected chi connectivity index (χ1v) is 12.0. The number of anilines is 1. The summed E-state index contributed by atoms with van der Waals surface area (Å²) in [5.41, 5.74) is 1.08. The van der Waals surface area contributed by atoms with Gasteiger partial charge in [-0.2, -0.15) is 0 Å². The van der Waals surface area contributed by atoms with Gasteiger partial charge in [0.25, 0.3) is 5.91 Å². The van der Waals surface area contributed by atoms with Gasteiger partial charge in [-0.1, -0.05) is 0 Å². The Morgan fingerprint density at radius 2 is 1.45 bits per heavy atom. The summed E-state index contributed by atoms with van der Waals surface area (Å²) >= 11 is 0. The minimum absolute atomic E-state index is 0.0709. The molecule has 6 aliphatic rings. The molecule has 1 atom stereocenters. The van der Waals surface area contributed by atoms with E-state index in [0.717, 1.165) is 49.7 Å². The number of hydrogen-bond donors (Lipinski definition) is 0. The van der Waals surface area contributed by atoms with Crippen LogP contribution in [0.3, 0.4) is 0 Å². The molecule has 2 aliphatic heterocycles. The molecule has 6 heteroatoms. The fraction of sp³-hybridized carbons (Fsp3) is 0.680. The summed E-state index contributed by atoms with van der Waals surface area (Å²) in [6.45, 7) is 3.85. The molecule has 6 nitrogen and oxygen atoms in total. The van der Waals surface area contributed by atoms with E-state index in [4.69, 9.17) is 4.74 Å². The maximum absolute atomic E-state index is 13.2. The predicted octanol–water partition coefficient (Wildman–Crippen LogP) is 2.91. The lowest BCUT2D eigenvalue weighted by Crippen LogP contribution is -2.64. The van der Waals surface area contributed by atoms with Crippen LogP contribution in [0.1, 0.15) is 44.9 Å². The first-order chi connectivity index (χ1) is 15.0. The van der Waals surface area contributed by atoms with Crippen LogP contribution in [0.15, 0.2) is 24.3 Å². The van der Waals surface area contributed by atoms with E-state index in [-0.39, 0.29) is 17.9 Å². The highest BCUT2D eigenvalue weighted by Crippen LogP contribution is 2.57. The van der Waals surface area contributed by atoms with Crippen LogP contribution in [0.5, 0.6) is 5.75 Å². The number of benzene rings is 1. The summed E-state index contributed by atoms with van der Waals surface area (Å²) in [5.74, 6) is 3.42. The van der Waals surface area contributed by atoms with Crippen LogP contribution >= 0.6 is 0 Å². The topological polar surface area (TPSA) is 53.1 Å². The average molecular weight is 424 g/mol. The van der Waals surface area contributed by atoms with Gasteiger partial charge in [0, 0.05) is 31.7 Å². The van der Waals surface area contributed by atoms with Crippen LogP contribution in [0.4, 0.5) is 5.69 Å². The van der Waals surface area contributed by atoms with Crippen LogP contribution in [-0.2, 0) is 9.59 Å². The normalized spacial score (nSPS) is 38.3. The van der Waals surface area contributed by atoms with E-state index < -0.39 is 0 Å². The summed E-state index contributed by atoms with van der Waals surface area (Å²) in [5, 5.41) is 0. The van der Waals surface area contributed by atoms with Gasteiger partial charge in [-0.15, -0.1) is 0 Å². The Morgan fingerprint density at radius 1 is 0.871 bits per heavy atom. The third-order valence-corrected chi connectivity index (χ3v) is 8.89. The number of nitrogens with zero attached hydrogens (tertiary/aromatic N) is 3. The lowest BCUT2D eigenvalue weighted by molar-refractivity contribution is -0.125. The quantitative estimate of drug-likeness (QED) is 0.697. The number of ether oxygens (including phenoxy) is 1. The number of carbonyl (C=O) groups is 2. The number of imide groups is 1. The molecule has 0 spiro atoms. The molecule has 4 aliphatic carbocycles. The molecule has 0 N–H and O–H groups in total. The molecule has 31 heavy (non-hydrogen) atoms. The molecule has 166 valence electrons. The number of carbonyl (C=O) groups excluding carboxylic acids is 2. The van der Waals surface area contributed by atoms with Crippen LogP contribution < -0.4 is 9.64 Å². The van der Waals surface area contributed by atoms with Crippen LogP contribution in [0.25, 0.3) is 0 Å². The third-order valence-electron chi connectivity index (χ3n) is 8.89. The summed E-state index contributed by atoms with van der Waals surface area (Å²) < 4.78 is 5.20. The highest BCUT2D eigenvalue weighted by atomic mass is 16.5. The molecule has 7 rings (SSSR count). The van der Waals surface area contributed by atoms with E-state index in [0.29, 0.717) is 17.6 Å². The molecular formula is C25H33N3O3. The Bertz CT molecular complexity index is 839. The van der Waals surface area contributed by atoms with Crippen molar-refractivity contribution >= 4 is 17.5 Å². The van der Waals surface area contributed by atoms with Gasteiger partial charge >= 0.3 is 0 Å². The van der Waals surface area contributed by atoms with E-state index in [1.165, 1.54) is 43.4 Å². The molecule has 6 fully saturated rings. The molecule has 1 aromatic rings. The fourth-order valence-electron chi connectivity index (χ4n) is 7.86. The smallest absolute Gasteiger partial charge is 0.251 e. The fourth-order valence-corrected chi connectivity index (χ4v) is 7.86. The second kappa shape index (κ2) is 7.31. The maximum Gasteiger partial charge on any atom is 0.251 e. The monoisotopic (exact) mass is 423 g/mol. The van der Waals surface area contributed by atoms with Crippen LogP contribution in [-0.4, -0.2) is 66.5 Å². The number of piperazine rings is 1. The molecule has 2 heterocycles. The molecule has 2 amide bonds. The number of amides is 2. The van der Waals surface area contributed by atoms with Crippen molar-refractivity contribution in [3.63, 3.8) is 0 Å². The van der Waals surface area contributed by atoms with Crippen molar-refractivity contribution in [2.75, 3.05) is 38.2 Å². The van der Waals surface area contributed by atoms with Gasteiger partial charge in [-0.05, 0) is 80.5 Å². The van der Waals surface area contributed by atoms with Crippen molar-refractivity contribution in [1.82, 2.24) is 9.80 Å². The maximum atomic E-state index is 13.2. The SMILES string of the molecule is COc1ccc(N2C(=O)C[C@H](N3CCN(C45CC6CC(CC(C6)C4)C5)CC3)C2=O)cc1. The molecule has 1 aromatic carbocycles. The van der Waals surface area contributed by atoms with Gasteiger partial charge in [-0.25, -0.2) is 4.90 Å². The highest BCUT2D eigenvalue weighted by molar-refractivity contribution is 6.22. The van der Waals surface area contributed by atoms with E-state index in [1.807, 2.05) is 0 Å². The van der Waals surface area contributed by atoms with Crippen molar-refractivity contribution < 1.29 is 14.3 Å². The predicted molar refractivity (Wildman–Crippen MR) is 118 cm³/mol. The minimum Gasteiger partial charge on any atom is -0.497 e. The second-order valence-corrected chi connectivity index (χ2v) is 10.7. The van der Waals surface area contributed by atoms with E-state index in [9.17, 15) is 9.59 Å². The van der Waals surface area contributed by atoms with Crippen molar-refractivity contribution in [3.8, 4) is 5.75 Å². The van der Waals surface area contributed by atoms with Gasteiger partial charge in [0.1, 0.15) is 5.75 Å². The molecule has 4 bridgehead atoms. The van der Waals surface area contributed by atoms with E-state index >= 15 is 0 Å². The number of hydrogen-bond acceptors (Lipinski definition) is 5. The van der Waals surface area contributed by atoms with Crippen molar-refractivity contribution in [2.24, 2.45) is 17.8 Å². The molecule has 2 saturated heterocycles. The lowest BCUT2D eigenvalue weighted by atomic mass is 9.52. The van der Waals surface area contributed by atoms with Gasteiger partial charge in [0.2, 0.25) is 5.91 Å². The van der Waals surface area contributed by atoms with Crippen LogP contribution in [0.2, 0.25) is 0 Å².